The summed E-state index contributed by atoms with van der Waals surface area (Å²) in [5, 5.41) is 17.4. The van der Waals surface area contributed by atoms with Crippen molar-refractivity contribution in [3.8, 4) is 6.07 Å². The van der Waals surface area contributed by atoms with Crippen LogP contribution in [0.25, 0.3) is 0 Å². The molecule has 0 saturated carbocycles. The van der Waals surface area contributed by atoms with Crippen molar-refractivity contribution in [1.82, 2.24) is 10.2 Å². The van der Waals surface area contributed by atoms with E-state index in [1.54, 1.807) is 6.07 Å². The van der Waals surface area contributed by atoms with E-state index in [-0.39, 0.29) is 5.91 Å². The van der Waals surface area contributed by atoms with Gasteiger partial charge in [0.1, 0.15) is 11.1 Å². The number of carbonyl (C=O) groups is 1. The van der Waals surface area contributed by atoms with Gasteiger partial charge in [-0.15, -0.1) is 11.3 Å². The van der Waals surface area contributed by atoms with Crippen LogP contribution in [0.15, 0.2) is 11.4 Å². The fourth-order valence-corrected chi connectivity index (χ4v) is 3.40. The Kier molecular flexibility index (Phi) is 6.18. The lowest BCUT2D eigenvalue weighted by Crippen LogP contribution is -2.39. The average molecular weight is 306 g/mol. The number of hydrogen-bond donors (Lipinski definition) is 2. The van der Waals surface area contributed by atoms with Crippen LogP contribution >= 0.6 is 11.3 Å². The molecule has 1 saturated heterocycles. The van der Waals surface area contributed by atoms with Gasteiger partial charge in [0.15, 0.2) is 0 Å². The monoisotopic (exact) mass is 306 g/mol. The maximum absolute atomic E-state index is 12.0. The third-order valence-corrected chi connectivity index (χ3v) is 4.75. The van der Waals surface area contributed by atoms with Crippen LogP contribution in [0.3, 0.4) is 0 Å². The minimum atomic E-state index is -0.0253. The largest absolute Gasteiger partial charge is 0.320 e. The Labute approximate surface area is 129 Å². The fraction of sp³-hybridized carbons (Fsp3) is 0.600. The number of nitriles is 1. The summed E-state index contributed by atoms with van der Waals surface area (Å²) in [6.45, 7) is 3.46. The highest BCUT2D eigenvalue weighted by molar-refractivity contribution is 7.14. The highest BCUT2D eigenvalue weighted by atomic mass is 32.1. The number of piperidine rings is 1. The molecule has 0 spiro atoms. The van der Waals surface area contributed by atoms with Crippen molar-refractivity contribution in [2.24, 2.45) is 5.92 Å². The van der Waals surface area contributed by atoms with Gasteiger partial charge in [0.2, 0.25) is 5.91 Å². The first kappa shape index (κ1) is 16.0. The Morgan fingerprint density at radius 2 is 2.29 bits per heavy atom. The van der Waals surface area contributed by atoms with Crippen LogP contribution in [0, 0.1) is 17.2 Å². The standard InChI is InChI=1S/C15H22N4OS/c1-17-6-2-12-3-7-19(8-4-12)11-14(20)18-15-13(10-16)5-9-21-15/h5,9,12,17H,2-4,6-8,11H2,1H3,(H,18,20). The van der Waals surface area contributed by atoms with E-state index in [1.165, 1.54) is 17.8 Å². The van der Waals surface area contributed by atoms with Crippen molar-refractivity contribution in [2.45, 2.75) is 19.3 Å². The van der Waals surface area contributed by atoms with E-state index >= 15 is 0 Å². The molecule has 1 aliphatic heterocycles. The molecular formula is C15H22N4OS. The molecule has 1 amide bonds. The van der Waals surface area contributed by atoms with E-state index in [0.717, 1.165) is 38.4 Å². The number of carbonyl (C=O) groups excluding carboxylic acids is 1. The maximum Gasteiger partial charge on any atom is 0.239 e. The Morgan fingerprint density at radius 3 is 2.95 bits per heavy atom. The number of anilines is 1. The van der Waals surface area contributed by atoms with Gasteiger partial charge in [-0.1, -0.05) is 0 Å². The van der Waals surface area contributed by atoms with Crippen LogP contribution in [-0.2, 0) is 4.79 Å². The SMILES string of the molecule is CNCCC1CCN(CC(=O)Nc2sccc2C#N)CC1. The van der Waals surface area contributed by atoms with Gasteiger partial charge in [0, 0.05) is 0 Å². The number of nitrogens with zero attached hydrogens (tertiary/aromatic N) is 2. The molecule has 1 aliphatic rings. The van der Waals surface area contributed by atoms with Crippen LogP contribution in [0.1, 0.15) is 24.8 Å². The molecule has 1 aromatic rings. The molecule has 5 nitrogen and oxygen atoms in total. The highest BCUT2D eigenvalue weighted by Gasteiger charge is 2.20. The number of rotatable bonds is 6. The molecule has 1 aromatic heterocycles. The molecule has 0 unspecified atom stereocenters. The maximum atomic E-state index is 12.0. The summed E-state index contributed by atoms with van der Waals surface area (Å²) in [4.78, 5) is 14.2. The number of thiophene rings is 1. The van der Waals surface area contributed by atoms with E-state index in [1.807, 2.05) is 12.4 Å². The molecule has 0 aliphatic carbocycles. The molecule has 114 valence electrons. The molecule has 2 heterocycles. The lowest BCUT2D eigenvalue weighted by Gasteiger charge is -2.31. The summed E-state index contributed by atoms with van der Waals surface area (Å²) >= 11 is 1.39. The van der Waals surface area contributed by atoms with Crippen LogP contribution in [0.2, 0.25) is 0 Å². The minimum absolute atomic E-state index is 0.0253. The van der Waals surface area contributed by atoms with E-state index in [9.17, 15) is 4.79 Å². The second-order valence-electron chi connectivity index (χ2n) is 5.44. The Morgan fingerprint density at radius 1 is 1.52 bits per heavy atom. The number of hydrogen-bond acceptors (Lipinski definition) is 5. The average Bonchev–Trinajstić information content (AvgIpc) is 2.93. The van der Waals surface area contributed by atoms with Gasteiger partial charge in [-0.3, -0.25) is 9.69 Å². The van der Waals surface area contributed by atoms with Gasteiger partial charge in [0.05, 0.1) is 12.1 Å². The van der Waals surface area contributed by atoms with Crippen molar-refractivity contribution in [3.05, 3.63) is 17.0 Å². The highest BCUT2D eigenvalue weighted by Crippen LogP contribution is 2.23. The second kappa shape index (κ2) is 8.13. The Bertz CT molecular complexity index is 500. The van der Waals surface area contributed by atoms with Crippen LogP contribution in [0.4, 0.5) is 5.00 Å². The van der Waals surface area contributed by atoms with Crippen molar-refractivity contribution in [3.63, 3.8) is 0 Å². The zero-order valence-electron chi connectivity index (χ0n) is 12.4. The van der Waals surface area contributed by atoms with E-state index in [0.29, 0.717) is 17.1 Å². The molecule has 0 aromatic carbocycles. The van der Waals surface area contributed by atoms with Crippen molar-refractivity contribution >= 4 is 22.2 Å². The number of likely N-dealkylation sites (tertiary alicyclic amines) is 1. The van der Waals surface area contributed by atoms with Crippen molar-refractivity contribution in [2.75, 3.05) is 38.5 Å². The molecule has 1 fully saturated rings. The van der Waals surface area contributed by atoms with Crippen molar-refractivity contribution in [1.29, 1.82) is 5.26 Å². The van der Waals surface area contributed by atoms with Crippen LogP contribution < -0.4 is 10.6 Å². The van der Waals surface area contributed by atoms with Crippen LogP contribution in [-0.4, -0.2) is 44.0 Å². The smallest absolute Gasteiger partial charge is 0.239 e. The first-order chi connectivity index (χ1) is 10.2. The Hall–Kier alpha value is -1.42. The first-order valence-electron chi connectivity index (χ1n) is 7.37. The van der Waals surface area contributed by atoms with Gasteiger partial charge in [0.25, 0.3) is 0 Å². The molecule has 6 heteroatoms. The normalized spacial score (nSPS) is 16.6. The summed E-state index contributed by atoms with van der Waals surface area (Å²) in [6, 6.07) is 3.82. The molecular weight excluding hydrogens is 284 g/mol. The summed E-state index contributed by atoms with van der Waals surface area (Å²) in [5.74, 6) is 0.752. The van der Waals surface area contributed by atoms with Crippen LogP contribution in [0.5, 0.6) is 0 Å². The van der Waals surface area contributed by atoms with Gasteiger partial charge >= 0.3 is 0 Å². The minimum Gasteiger partial charge on any atom is -0.320 e. The molecule has 2 rings (SSSR count). The van der Waals surface area contributed by atoms with E-state index < -0.39 is 0 Å². The number of nitrogens with one attached hydrogen (secondary N) is 2. The third kappa shape index (κ3) is 4.81. The third-order valence-electron chi connectivity index (χ3n) is 3.92. The fourth-order valence-electron chi connectivity index (χ4n) is 2.65. The molecule has 0 atom stereocenters. The predicted octanol–water partition coefficient (Wildman–Crippen LogP) is 1.88. The topological polar surface area (TPSA) is 68.2 Å². The Balaban J connectivity index is 1.73. The lowest BCUT2D eigenvalue weighted by molar-refractivity contribution is -0.117. The zero-order valence-corrected chi connectivity index (χ0v) is 13.2. The molecule has 21 heavy (non-hydrogen) atoms. The molecule has 0 radical (unpaired) electrons. The van der Waals surface area contributed by atoms with Gasteiger partial charge < -0.3 is 10.6 Å². The van der Waals surface area contributed by atoms with Gasteiger partial charge in [-0.2, -0.15) is 5.26 Å². The molecule has 0 bridgehead atoms. The number of amides is 1. The predicted molar refractivity (Wildman–Crippen MR) is 85.4 cm³/mol. The first-order valence-corrected chi connectivity index (χ1v) is 8.25. The van der Waals surface area contributed by atoms with Gasteiger partial charge in [-0.05, 0) is 63.3 Å². The quantitative estimate of drug-likeness (QED) is 0.842. The van der Waals surface area contributed by atoms with E-state index in [2.05, 4.69) is 21.6 Å². The van der Waals surface area contributed by atoms with Crippen molar-refractivity contribution < 1.29 is 4.79 Å². The summed E-state index contributed by atoms with van der Waals surface area (Å²) in [6.07, 6.45) is 3.55. The van der Waals surface area contributed by atoms with E-state index in [4.69, 9.17) is 5.26 Å². The lowest BCUT2D eigenvalue weighted by atomic mass is 9.93. The summed E-state index contributed by atoms with van der Waals surface area (Å²) in [7, 11) is 1.99. The second-order valence-corrected chi connectivity index (χ2v) is 6.35. The van der Waals surface area contributed by atoms with Gasteiger partial charge in [-0.25, -0.2) is 0 Å². The summed E-state index contributed by atoms with van der Waals surface area (Å²) < 4.78 is 0. The molecule has 2 N–H and O–H groups in total. The zero-order chi connectivity index (χ0) is 15.1. The summed E-state index contributed by atoms with van der Waals surface area (Å²) in [5.41, 5.74) is 0.541.